The lowest BCUT2D eigenvalue weighted by atomic mass is 9.97. The van der Waals surface area contributed by atoms with Gasteiger partial charge >= 0.3 is 5.97 Å². The van der Waals surface area contributed by atoms with Crippen molar-refractivity contribution in [2.45, 2.75) is 63.6 Å². The third-order valence-electron chi connectivity index (χ3n) is 3.88. The Hall–Kier alpha value is -1.10. The molecule has 1 amide bonds. The summed E-state index contributed by atoms with van der Waals surface area (Å²) in [5, 5.41) is 11.9. The summed E-state index contributed by atoms with van der Waals surface area (Å²) in [6.45, 7) is 2.72. The highest BCUT2D eigenvalue weighted by atomic mass is 16.4. The number of piperidine rings is 1. The predicted octanol–water partition coefficient (Wildman–Crippen LogP) is 0.983. The van der Waals surface area contributed by atoms with Gasteiger partial charge in [0, 0.05) is 12.1 Å². The van der Waals surface area contributed by atoms with Gasteiger partial charge in [-0.15, -0.1) is 0 Å². The van der Waals surface area contributed by atoms with Crippen LogP contribution in [-0.4, -0.2) is 46.6 Å². The monoisotopic (exact) mass is 254 g/mol. The van der Waals surface area contributed by atoms with Crippen LogP contribution in [0.15, 0.2) is 0 Å². The normalized spacial score (nSPS) is 26.6. The van der Waals surface area contributed by atoms with Gasteiger partial charge in [-0.3, -0.25) is 14.5 Å². The fourth-order valence-electron chi connectivity index (χ4n) is 2.65. The van der Waals surface area contributed by atoms with Gasteiger partial charge in [-0.25, -0.2) is 0 Å². The molecule has 1 aliphatic carbocycles. The van der Waals surface area contributed by atoms with E-state index < -0.39 is 5.97 Å². The average Bonchev–Trinajstić information content (AvgIpc) is 3.12. The number of carboxylic acid groups (broad SMARTS) is 1. The van der Waals surface area contributed by atoms with E-state index in [4.69, 9.17) is 5.11 Å². The standard InChI is InChI=1S/C13H22N2O3/c1-9(13(18)14-10-5-6-10)15-7-3-2-4-11(15)8-12(16)17/h9-11H,2-8H2,1H3,(H,14,18)(H,16,17). The molecule has 2 aliphatic rings. The third kappa shape index (κ3) is 3.45. The maximum absolute atomic E-state index is 12.0. The molecule has 0 spiro atoms. The highest BCUT2D eigenvalue weighted by Crippen LogP contribution is 2.23. The van der Waals surface area contributed by atoms with Gasteiger partial charge in [0.2, 0.25) is 5.91 Å². The van der Waals surface area contributed by atoms with Gasteiger partial charge < -0.3 is 10.4 Å². The minimum atomic E-state index is -0.776. The predicted molar refractivity (Wildman–Crippen MR) is 67.2 cm³/mol. The van der Waals surface area contributed by atoms with Crippen LogP contribution in [0.1, 0.15) is 45.4 Å². The van der Waals surface area contributed by atoms with Crippen LogP contribution in [0.4, 0.5) is 0 Å². The lowest BCUT2D eigenvalue weighted by Crippen LogP contribution is -2.52. The molecule has 2 atom stereocenters. The molecule has 1 aliphatic heterocycles. The number of rotatable bonds is 5. The highest BCUT2D eigenvalue weighted by Gasteiger charge is 2.33. The molecule has 0 bridgehead atoms. The molecule has 1 saturated heterocycles. The molecule has 0 aromatic carbocycles. The van der Waals surface area contributed by atoms with Gasteiger partial charge in [0.25, 0.3) is 0 Å². The van der Waals surface area contributed by atoms with Crippen LogP contribution >= 0.6 is 0 Å². The van der Waals surface area contributed by atoms with Crippen molar-refractivity contribution in [2.75, 3.05) is 6.54 Å². The minimum Gasteiger partial charge on any atom is -0.481 e. The van der Waals surface area contributed by atoms with E-state index in [-0.39, 0.29) is 24.4 Å². The molecule has 2 fully saturated rings. The number of aliphatic carboxylic acids is 1. The van der Waals surface area contributed by atoms with Crippen LogP contribution in [0.25, 0.3) is 0 Å². The number of carbonyl (C=O) groups is 2. The SMILES string of the molecule is CC(C(=O)NC1CC1)N1CCCCC1CC(=O)O. The van der Waals surface area contributed by atoms with Crippen molar-refractivity contribution in [1.82, 2.24) is 10.2 Å². The topological polar surface area (TPSA) is 69.6 Å². The number of carbonyl (C=O) groups excluding carboxylic acids is 1. The fraction of sp³-hybridized carbons (Fsp3) is 0.846. The molecule has 18 heavy (non-hydrogen) atoms. The second-order valence-electron chi connectivity index (χ2n) is 5.44. The molecule has 0 aromatic rings. The molecule has 2 unspecified atom stereocenters. The molecule has 102 valence electrons. The van der Waals surface area contributed by atoms with Gasteiger partial charge in [-0.2, -0.15) is 0 Å². The van der Waals surface area contributed by atoms with Gasteiger partial charge in [0.15, 0.2) is 0 Å². The molecule has 0 aromatic heterocycles. The highest BCUT2D eigenvalue weighted by molar-refractivity contribution is 5.82. The van der Waals surface area contributed by atoms with E-state index in [2.05, 4.69) is 10.2 Å². The van der Waals surface area contributed by atoms with Crippen molar-refractivity contribution in [2.24, 2.45) is 0 Å². The first-order chi connectivity index (χ1) is 8.58. The molecular weight excluding hydrogens is 232 g/mol. The van der Waals surface area contributed by atoms with E-state index in [9.17, 15) is 9.59 Å². The average molecular weight is 254 g/mol. The molecule has 5 nitrogen and oxygen atoms in total. The zero-order chi connectivity index (χ0) is 13.1. The summed E-state index contributed by atoms with van der Waals surface area (Å²) in [6, 6.07) is 0.161. The summed E-state index contributed by atoms with van der Waals surface area (Å²) >= 11 is 0. The Morgan fingerprint density at radius 1 is 1.33 bits per heavy atom. The second-order valence-corrected chi connectivity index (χ2v) is 5.44. The van der Waals surface area contributed by atoms with E-state index in [1.807, 2.05) is 6.92 Å². The van der Waals surface area contributed by atoms with Crippen molar-refractivity contribution in [3.8, 4) is 0 Å². The van der Waals surface area contributed by atoms with Gasteiger partial charge in [-0.05, 0) is 39.2 Å². The zero-order valence-corrected chi connectivity index (χ0v) is 10.9. The Kier molecular flexibility index (Phi) is 4.22. The van der Waals surface area contributed by atoms with E-state index in [0.717, 1.165) is 38.6 Å². The summed E-state index contributed by atoms with van der Waals surface area (Å²) in [5.74, 6) is -0.725. The summed E-state index contributed by atoms with van der Waals surface area (Å²) in [4.78, 5) is 25.0. The second kappa shape index (κ2) is 5.69. The smallest absolute Gasteiger partial charge is 0.304 e. The van der Waals surface area contributed by atoms with E-state index in [0.29, 0.717) is 6.04 Å². The van der Waals surface area contributed by atoms with Crippen molar-refractivity contribution >= 4 is 11.9 Å². The first-order valence-corrected chi connectivity index (χ1v) is 6.86. The Morgan fingerprint density at radius 3 is 2.67 bits per heavy atom. The number of amides is 1. The van der Waals surface area contributed by atoms with E-state index in [1.54, 1.807) is 0 Å². The molecule has 5 heteroatoms. The van der Waals surface area contributed by atoms with Crippen LogP contribution < -0.4 is 5.32 Å². The quantitative estimate of drug-likeness (QED) is 0.767. The Balaban J connectivity index is 1.93. The van der Waals surface area contributed by atoms with Crippen molar-refractivity contribution in [3.63, 3.8) is 0 Å². The van der Waals surface area contributed by atoms with Crippen LogP contribution in [-0.2, 0) is 9.59 Å². The van der Waals surface area contributed by atoms with Crippen LogP contribution in [0.3, 0.4) is 0 Å². The first-order valence-electron chi connectivity index (χ1n) is 6.86. The number of hydrogen-bond donors (Lipinski definition) is 2. The van der Waals surface area contributed by atoms with Crippen molar-refractivity contribution < 1.29 is 14.7 Å². The Labute approximate surface area is 108 Å². The lowest BCUT2D eigenvalue weighted by molar-refractivity contribution is -0.140. The molecule has 1 saturated carbocycles. The van der Waals surface area contributed by atoms with Gasteiger partial charge in [-0.1, -0.05) is 6.42 Å². The lowest BCUT2D eigenvalue weighted by Gasteiger charge is -2.38. The number of nitrogens with zero attached hydrogens (tertiary/aromatic N) is 1. The minimum absolute atomic E-state index is 0.0104. The third-order valence-corrected chi connectivity index (χ3v) is 3.88. The molecule has 2 N–H and O–H groups in total. The fourth-order valence-corrected chi connectivity index (χ4v) is 2.65. The number of hydrogen-bond acceptors (Lipinski definition) is 3. The largest absolute Gasteiger partial charge is 0.481 e. The van der Waals surface area contributed by atoms with E-state index >= 15 is 0 Å². The zero-order valence-electron chi connectivity index (χ0n) is 10.9. The Bertz CT molecular complexity index is 328. The molecule has 1 heterocycles. The van der Waals surface area contributed by atoms with Crippen molar-refractivity contribution in [1.29, 1.82) is 0 Å². The summed E-state index contributed by atoms with van der Waals surface area (Å²) in [5.41, 5.74) is 0. The van der Waals surface area contributed by atoms with Crippen LogP contribution in [0.2, 0.25) is 0 Å². The Morgan fingerprint density at radius 2 is 2.06 bits per heavy atom. The van der Waals surface area contributed by atoms with Crippen LogP contribution in [0.5, 0.6) is 0 Å². The molecule has 0 radical (unpaired) electrons. The summed E-state index contributed by atoms with van der Waals surface area (Å²) < 4.78 is 0. The van der Waals surface area contributed by atoms with E-state index in [1.165, 1.54) is 0 Å². The number of nitrogens with one attached hydrogen (secondary N) is 1. The molecular formula is C13H22N2O3. The van der Waals surface area contributed by atoms with Crippen LogP contribution in [0, 0.1) is 0 Å². The number of likely N-dealkylation sites (tertiary alicyclic amines) is 1. The summed E-state index contributed by atoms with van der Waals surface area (Å²) in [7, 11) is 0. The summed E-state index contributed by atoms with van der Waals surface area (Å²) in [6.07, 6.45) is 5.30. The van der Waals surface area contributed by atoms with Gasteiger partial charge in [0.05, 0.1) is 12.5 Å². The van der Waals surface area contributed by atoms with Crippen molar-refractivity contribution in [3.05, 3.63) is 0 Å². The molecule has 2 rings (SSSR count). The first kappa shape index (κ1) is 13.3. The van der Waals surface area contributed by atoms with Gasteiger partial charge in [0.1, 0.15) is 0 Å². The maximum Gasteiger partial charge on any atom is 0.304 e. The number of carboxylic acids is 1. The maximum atomic E-state index is 12.0.